The molecule has 1 atom stereocenters. The molecule has 0 aliphatic carbocycles. The molecule has 1 aromatic carbocycles. The summed E-state index contributed by atoms with van der Waals surface area (Å²) in [6.07, 6.45) is -1.08. The van der Waals surface area contributed by atoms with Crippen LogP contribution in [0.1, 0.15) is 24.2 Å². The number of hydrogen-bond donors (Lipinski definition) is 1. The number of nitrogens with zero attached hydrogens (tertiary/aromatic N) is 1. The van der Waals surface area contributed by atoms with Crippen molar-refractivity contribution in [1.29, 1.82) is 0 Å². The van der Waals surface area contributed by atoms with E-state index in [4.69, 9.17) is 9.47 Å². The lowest BCUT2D eigenvalue weighted by Gasteiger charge is -2.28. The molecule has 0 radical (unpaired) electrons. The van der Waals surface area contributed by atoms with Crippen LogP contribution in [0.25, 0.3) is 0 Å². The van der Waals surface area contributed by atoms with E-state index in [2.05, 4.69) is 10.2 Å². The van der Waals surface area contributed by atoms with Crippen LogP contribution in [0.2, 0.25) is 0 Å². The molecule has 112 valence electrons. The number of halogens is 1. The van der Waals surface area contributed by atoms with Gasteiger partial charge in [0, 0.05) is 43.9 Å². The molecule has 1 fully saturated rings. The Morgan fingerprint density at radius 3 is 2.40 bits per heavy atom. The van der Waals surface area contributed by atoms with Gasteiger partial charge in [-0.25, -0.2) is 4.39 Å². The molecule has 2 rings (SSSR count). The van der Waals surface area contributed by atoms with E-state index in [-0.39, 0.29) is 0 Å². The Bertz CT molecular complexity index is 446. The highest BCUT2D eigenvalue weighted by Gasteiger charge is 2.18. The van der Waals surface area contributed by atoms with E-state index in [1.165, 1.54) is 6.92 Å². The number of methoxy groups -OCH3 is 2. The van der Waals surface area contributed by atoms with Gasteiger partial charge in [-0.15, -0.1) is 0 Å². The maximum Gasteiger partial charge on any atom is 0.126 e. The second kappa shape index (κ2) is 6.90. The molecule has 1 heterocycles. The molecule has 5 heteroatoms. The molecule has 0 saturated carbocycles. The van der Waals surface area contributed by atoms with Crippen molar-refractivity contribution in [3.8, 4) is 11.5 Å². The van der Waals surface area contributed by atoms with Crippen LogP contribution in [-0.4, -0.2) is 45.3 Å². The molecule has 1 aromatic rings. The van der Waals surface area contributed by atoms with Crippen LogP contribution in [0.15, 0.2) is 12.1 Å². The minimum Gasteiger partial charge on any atom is -0.496 e. The fourth-order valence-electron chi connectivity index (χ4n) is 2.53. The third-order valence-corrected chi connectivity index (χ3v) is 3.66. The van der Waals surface area contributed by atoms with E-state index in [0.717, 1.165) is 44.0 Å². The molecule has 0 amide bonds. The summed E-state index contributed by atoms with van der Waals surface area (Å²) in [5.41, 5.74) is 1.57. The standard InChI is InChI=1S/C15H23FN2O2/c1-11(16)13-9-14(19-2)12(8-15(13)20-3)10-18-6-4-17-5-7-18/h8-9,11,17H,4-7,10H2,1-3H3. The van der Waals surface area contributed by atoms with Gasteiger partial charge in [-0.05, 0) is 19.1 Å². The van der Waals surface area contributed by atoms with Crippen molar-refractivity contribution in [2.75, 3.05) is 40.4 Å². The molecular weight excluding hydrogens is 259 g/mol. The zero-order valence-corrected chi connectivity index (χ0v) is 12.4. The number of rotatable bonds is 5. The summed E-state index contributed by atoms with van der Waals surface area (Å²) in [5.74, 6) is 1.31. The van der Waals surface area contributed by atoms with E-state index in [1.807, 2.05) is 6.07 Å². The zero-order chi connectivity index (χ0) is 14.5. The van der Waals surface area contributed by atoms with Crippen LogP contribution in [0, 0.1) is 0 Å². The van der Waals surface area contributed by atoms with Crippen molar-refractivity contribution >= 4 is 0 Å². The molecule has 0 spiro atoms. The Hall–Kier alpha value is -1.33. The normalized spacial score (nSPS) is 17.8. The molecule has 1 N–H and O–H groups in total. The Kier molecular flexibility index (Phi) is 5.20. The van der Waals surface area contributed by atoms with Crippen LogP contribution in [0.3, 0.4) is 0 Å². The van der Waals surface area contributed by atoms with Gasteiger partial charge in [-0.3, -0.25) is 4.90 Å². The first-order valence-electron chi connectivity index (χ1n) is 6.97. The molecule has 1 aliphatic heterocycles. The molecule has 1 unspecified atom stereocenters. The van der Waals surface area contributed by atoms with Gasteiger partial charge in [0.2, 0.25) is 0 Å². The lowest BCUT2D eigenvalue weighted by atomic mass is 10.0. The van der Waals surface area contributed by atoms with E-state index >= 15 is 0 Å². The Morgan fingerprint density at radius 2 is 1.85 bits per heavy atom. The van der Waals surface area contributed by atoms with Crippen LogP contribution in [0.5, 0.6) is 11.5 Å². The predicted molar refractivity (Wildman–Crippen MR) is 77.2 cm³/mol. The number of piperazine rings is 1. The monoisotopic (exact) mass is 282 g/mol. The van der Waals surface area contributed by atoms with Crippen molar-refractivity contribution in [2.24, 2.45) is 0 Å². The van der Waals surface area contributed by atoms with Crippen molar-refractivity contribution in [3.05, 3.63) is 23.3 Å². The number of ether oxygens (including phenoxy) is 2. The van der Waals surface area contributed by atoms with Gasteiger partial charge in [-0.1, -0.05) is 0 Å². The third kappa shape index (κ3) is 3.41. The zero-order valence-electron chi connectivity index (χ0n) is 12.4. The van der Waals surface area contributed by atoms with E-state index in [0.29, 0.717) is 11.3 Å². The minimum absolute atomic E-state index is 0.536. The SMILES string of the molecule is COc1cc(C(C)F)c(OC)cc1CN1CCNCC1. The summed E-state index contributed by atoms with van der Waals surface area (Å²) in [4.78, 5) is 2.35. The number of hydrogen-bond acceptors (Lipinski definition) is 4. The van der Waals surface area contributed by atoms with Gasteiger partial charge in [0.1, 0.15) is 17.7 Å². The highest BCUT2D eigenvalue weighted by molar-refractivity contribution is 5.47. The summed E-state index contributed by atoms with van der Waals surface area (Å²) in [6, 6.07) is 3.65. The summed E-state index contributed by atoms with van der Waals surface area (Å²) >= 11 is 0. The van der Waals surface area contributed by atoms with Crippen LogP contribution < -0.4 is 14.8 Å². The van der Waals surface area contributed by atoms with E-state index < -0.39 is 6.17 Å². The molecule has 1 aliphatic rings. The Morgan fingerprint density at radius 1 is 1.20 bits per heavy atom. The van der Waals surface area contributed by atoms with E-state index in [9.17, 15) is 4.39 Å². The van der Waals surface area contributed by atoms with Crippen LogP contribution in [-0.2, 0) is 6.54 Å². The number of nitrogens with one attached hydrogen (secondary N) is 1. The largest absolute Gasteiger partial charge is 0.496 e. The molecule has 0 aromatic heterocycles. The van der Waals surface area contributed by atoms with E-state index in [1.54, 1.807) is 20.3 Å². The summed E-state index contributed by atoms with van der Waals surface area (Å²) in [5, 5.41) is 3.33. The second-order valence-corrected chi connectivity index (χ2v) is 5.05. The van der Waals surface area contributed by atoms with Gasteiger partial charge >= 0.3 is 0 Å². The van der Waals surface area contributed by atoms with Gasteiger partial charge in [-0.2, -0.15) is 0 Å². The first kappa shape index (κ1) is 15.1. The molecule has 1 saturated heterocycles. The average Bonchev–Trinajstić information content (AvgIpc) is 2.47. The van der Waals surface area contributed by atoms with Crippen molar-refractivity contribution in [3.63, 3.8) is 0 Å². The maximum atomic E-state index is 13.6. The van der Waals surface area contributed by atoms with Crippen molar-refractivity contribution in [2.45, 2.75) is 19.6 Å². The Labute approximate surface area is 119 Å². The quantitative estimate of drug-likeness (QED) is 0.897. The van der Waals surface area contributed by atoms with Crippen LogP contribution >= 0.6 is 0 Å². The minimum atomic E-state index is -1.08. The highest BCUT2D eigenvalue weighted by atomic mass is 19.1. The number of alkyl halides is 1. The topological polar surface area (TPSA) is 33.7 Å². The summed E-state index contributed by atoms with van der Waals surface area (Å²) in [6.45, 7) is 6.31. The van der Waals surface area contributed by atoms with Gasteiger partial charge in [0.05, 0.1) is 14.2 Å². The van der Waals surface area contributed by atoms with Gasteiger partial charge in [0.25, 0.3) is 0 Å². The summed E-state index contributed by atoms with van der Waals surface area (Å²) < 4.78 is 24.4. The van der Waals surface area contributed by atoms with Crippen molar-refractivity contribution < 1.29 is 13.9 Å². The third-order valence-electron chi connectivity index (χ3n) is 3.66. The fraction of sp³-hybridized carbons (Fsp3) is 0.600. The predicted octanol–water partition coefficient (Wildman–Crippen LogP) is 2.14. The first-order valence-corrected chi connectivity index (χ1v) is 6.97. The number of benzene rings is 1. The smallest absolute Gasteiger partial charge is 0.126 e. The van der Waals surface area contributed by atoms with Gasteiger partial charge in [0.15, 0.2) is 0 Å². The van der Waals surface area contributed by atoms with Crippen LogP contribution in [0.4, 0.5) is 4.39 Å². The highest BCUT2D eigenvalue weighted by Crippen LogP contribution is 2.34. The van der Waals surface area contributed by atoms with Gasteiger partial charge < -0.3 is 14.8 Å². The van der Waals surface area contributed by atoms with Crippen molar-refractivity contribution in [1.82, 2.24) is 10.2 Å². The fourth-order valence-corrected chi connectivity index (χ4v) is 2.53. The molecule has 4 nitrogen and oxygen atoms in total. The molecule has 0 bridgehead atoms. The lowest BCUT2D eigenvalue weighted by molar-refractivity contribution is 0.229. The molecule has 20 heavy (non-hydrogen) atoms. The first-order chi connectivity index (χ1) is 9.65. The summed E-state index contributed by atoms with van der Waals surface area (Å²) in [7, 11) is 3.19. The second-order valence-electron chi connectivity index (χ2n) is 5.05. The molecular formula is C15H23FN2O2. The Balaban J connectivity index is 2.26. The average molecular weight is 282 g/mol. The lowest BCUT2D eigenvalue weighted by Crippen LogP contribution is -2.42. The maximum absolute atomic E-state index is 13.6.